The van der Waals surface area contributed by atoms with Crippen LogP contribution in [0.25, 0.3) is 0 Å². The smallest absolute Gasteiger partial charge is 0.243 e. The third kappa shape index (κ3) is 5.83. The van der Waals surface area contributed by atoms with Crippen molar-refractivity contribution < 1.29 is 17.9 Å². The van der Waals surface area contributed by atoms with Gasteiger partial charge in [-0.25, -0.2) is 8.42 Å². The van der Waals surface area contributed by atoms with Gasteiger partial charge in [0.2, 0.25) is 10.0 Å². The van der Waals surface area contributed by atoms with Crippen LogP contribution in [0.2, 0.25) is 0 Å². The van der Waals surface area contributed by atoms with Crippen molar-refractivity contribution in [2.45, 2.75) is 31.6 Å². The van der Waals surface area contributed by atoms with Crippen LogP contribution in [0.3, 0.4) is 0 Å². The summed E-state index contributed by atoms with van der Waals surface area (Å²) in [7, 11) is -1.96. The lowest BCUT2D eigenvalue weighted by Crippen LogP contribution is -2.38. The maximum absolute atomic E-state index is 12.3. The molecule has 1 aromatic carbocycles. The Morgan fingerprint density at radius 1 is 1.05 bits per heavy atom. The van der Waals surface area contributed by atoms with Gasteiger partial charge in [0.05, 0.1) is 12.0 Å². The standard InChI is InChI=1S/C12H15NO4S.C2H6.H2S2/c1-17-11-2-4-12(5-3-11)18(15,16)13-8-6-10(14)7-9-13;2*1-2/h2-5H,6-9H2,1H3;1-2H3;1-2H. The van der Waals surface area contributed by atoms with E-state index >= 15 is 0 Å². The monoisotopic (exact) mass is 365 g/mol. The molecule has 0 spiro atoms. The highest BCUT2D eigenvalue weighted by molar-refractivity contribution is 8.59. The second-order valence-electron chi connectivity index (χ2n) is 4.12. The lowest BCUT2D eigenvalue weighted by Gasteiger charge is -2.25. The zero-order chi connectivity index (χ0) is 17.2. The number of benzene rings is 1. The molecule has 0 aromatic heterocycles. The highest BCUT2D eigenvalue weighted by Gasteiger charge is 2.28. The summed E-state index contributed by atoms with van der Waals surface area (Å²) in [5, 5.41) is 0. The molecule has 1 aliphatic rings. The van der Waals surface area contributed by atoms with Gasteiger partial charge in [-0.2, -0.15) is 4.31 Å². The summed E-state index contributed by atoms with van der Waals surface area (Å²) in [5.74, 6) is 0.735. The largest absolute Gasteiger partial charge is 0.497 e. The zero-order valence-corrected chi connectivity index (χ0v) is 15.6. The Hall–Kier alpha value is -0.700. The van der Waals surface area contributed by atoms with Crippen molar-refractivity contribution in [3.63, 3.8) is 0 Å². The number of thiol groups is 2. The van der Waals surface area contributed by atoms with Gasteiger partial charge in [0.1, 0.15) is 11.5 Å². The highest BCUT2D eigenvalue weighted by atomic mass is 33.1. The van der Waals surface area contributed by atoms with Crippen LogP contribution >= 0.6 is 23.3 Å². The van der Waals surface area contributed by atoms with E-state index in [4.69, 9.17) is 4.74 Å². The van der Waals surface area contributed by atoms with Crippen molar-refractivity contribution in [2.24, 2.45) is 0 Å². The Labute approximate surface area is 143 Å². The van der Waals surface area contributed by atoms with Gasteiger partial charge in [-0.15, -0.1) is 23.3 Å². The van der Waals surface area contributed by atoms with Crippen molar-refractivity contribution in [3.8, 4) is 5.75 Å². The van der Waals surface area contributed by atoms with Crippen molar-refractivity contribution in [1.29, 1.82) is 0 Å². The number of ether oxygens (including phenoxy) is 1. The number of carbonyl (C=O) groups is 1. The fourth-order valence-electron chi connectivity index (χ4n) is 1.87. The third-order valence-corrected chi connectivity index (χ3v) is 4.89. The van der Waals surface area contributed by atoms with Gasteiger partial charge >= 0.3 is 0 Å². The van der Waals surface area contributed by atoms with E-state index < -0.39 is 10.0 Å². The molecule has 1 heterocycles. The van der Waals surface area contributed by atoms with Crippen molar-refractivity contribution >= 4 is 39.1 Å². The van der Waals surface area contributed by atoms with Crippen LogP contribution in [-0.4, -0.2) is 38.7 Å². The summed E-state index contributed by atoms with van der Waals surface area (Å²) in [5.41, 5.74) is 0. The van der Waals surface area contributed by atoms with E-state index in [-0.39, 0.29) is 23.8 Å². The molecule has 126 valence electrons. The molecule has 0 aliphatic carbocycles. The Kier molecular flexibility index (Phi) is 10.6. The third-order valence-electron chi connectivity index (χ3n) is 2.98. The molecular formula is C14H23NO4S3. The second kappa shape index (κ2) is 10.9. The van der Waals surface area contributed by atoms with Crippen LogP contribution in [0.15, 0.2) is 29.2 Å². The SMILES string of the molecule is CC.COc1ccc(S(=O)(=O)N2CCC(=O)CC2)cc1.SS. The summed E-state index contributed by atoms with van der Waals surface area (Å²) in [4.78, 5) is 11.4. The Morgan fingerprint density at radius 2 is 1.50 bits per heavy atom. The van der Waals surface area contributed by atoms with Crippen molar-refractivity contribution in [3.05, 3.63) is 24.3 Å². The molecule has 2 rings (SSSR count). The van der Waals surface area contributed by atoms with Crippen LogP contribution in [0.4, 0.5) is 0 Å². The summed E-state index contributed by atoms with van der Waals surface area (Å²) in [6.07, 6.45) is 0.602. The fraction of sp³-hybridized carbons (Fsp3) is 0.500. The Morgan fingerprint density at radius 3 is 1.91 bits per heavy atom. The number of nitrogens with zero attached hydrogens (tertiary/aromatic N) is 1. The molecule has 1 aliphatic heterocycles. The Bertz CT molecular complexity index is 534. The lowest BCUT2D eigenvalue weighted by molar-refractivity contribution is -0.120. The van der Waals surface area contributed by atoms with E-state index in [1.165, 1.54) is 23.5 Å². The summed E-state index contributed by atoms with van der Waals surface area (Å²) < 4.78 is 30.9. The molecule has 1 aromatic rings. The van der Waals surface area contributed by atoms with E-state index in [0.717, 1.165) is 0 Å². The number of rotatable bonds is 3. The molecule has 0 N–H and O–H groups in total. The average molecular weight is 366 g/mol. The van der Waals surface area contributed by atoms with Gasteiger partial charge in [0, 0.05) is 25.9 Å². The number of piperidine rings is 1. The normalized spacial score (nSPS) is 15.0. The van der Waals surface area contributed by atoms with Crippen molar-refractivity contribution in [2.75, 3.05) is 20.2 Å². The van der Waals surface area contributed by atoms with Crippen LogP contribution < -0.4 is 4.74 Å². The van der Waals surface area contributed by atoms with Crippen LogP contribution in [0.1, 0.15) is 26.7 Å². The van der Waals surface area contributed by atoms with E-state index in [0.29, 0.717) is 18.6 Å². The number of hydrogen-bond acceptors (Lipinski definition) is 6. The lowest BCUT2D eigenvalue weighted by atomic mass is 10.1. The molecule has 0 saturated carbocycles. The predicted octanol–water partition coefficient (Wildman–Crippen LogP) is 2.84. The highest BCUT2D eigenvalue weighted by Crippen LogP contribution is 2.21. The molecule has 0 bridgehead atoms. The van der Waals surface area contributed by atoms with Gasteiger partial charge in [-0.05, 0) is 24.3 Å². The first-order chi connectivity index (χ1) is 10.5. The van der Waals surface area contributed by atoms with Crippen LogP contribution in [-0.2, 0) is 14.8 Å². The zero-order valence-electron chi connectivity index (χ0n) is 13.0. The molecule has 5 nitrogen and oxygen atoms in total. The maximum atomic E-state index is 12.3. The molecule has 8 heteroatoms. The second-order valence-corrected chi connectivity index (χ2v) is 6.06. The number of Topliss-reactive ketones (excluding diaryl/α,β-unsaturated/α-hetero) is 1. The molecule has 22 heavy (non-hydrogen) atoms. The topological polar surface area (TPSA) is 63.7 Å². The van der Waals surface area contributed by atoms with E-state index in [9.17, 15) is 13.2 Å². The van der Waals surface area contributed by atoms with Gasteiger partial charge in [-0.3, -0.25) is 4.79 Å². The summed E-state index contributed by atoms with van der Waals surface area (Å²) in [6, 6.07) is 6.26. The number of carbonyl (C=O) groups excluding carboxylic acids is 1. The van der Waals surface area contributed by atoms with E-state index in [2.05, 4.69) is 23.3 Å². The predicted molar refractivity (Wildman–Crippen MR) is 95.3 cm³/mol. The molecular weight excluding hydrogens is 342 g/mol. The van der Waals surface area contributed by atoms with Gasteiger partial charge in [-0.1, -0.05) is 13.8 Å². The molecule has 1 fully saturated rings. The molecule has 0 radical (unpaired) electrons. The van der Waals surface area contributed by atoms with Crippen LogP contribution in [0, 0.1) is 0 Å². The number of methoxy groups -OCH3 is 1. The summed E-state index contributed by atoms with van der Waals surface area (Å²) in [6.45, 7) is 4.54. The fourth-order valence-corrected chi connectivity index (χ4v) is 3.31. The molecule has 0 unspecified atom stereocenters. The Balaban J connectivity index is 0.00000102. The van der Waals surface area contributed by atoms with Gasteiger partial charge in [0.25, 0.3) is 0 Å². The minimum Gasteiger partial charge on any atom is -0.497 e. The first kappa shape index (κ1) is 21.3. The minimum atomic E-state index is -3.48. The van der Waals surface area contributed by atoms with E-state index in [1.807, 2.05) is 13.8 Å². The first-order valence-corrected chi connectivity index (χ1v) is 9.94. The summed E-state index contributed by atoms with van der Waals surface area (Å²) >= 11 is 6.44. The van der Waals surface area contributed by atoms with Gasteiger partial charge in [0.15, 0.2) is 0 Å². The van der Waals surface area contributed by atoms with E-state index in [1.54, 1.807) is 12.1 Å². The molecule has 1 saturated heterocycles. The van der Waals surface area contributed by atoms with Crippen LogP contribution in [0.5, 0.6) is 5.75 Å². The maximum Gasteiger partial charge on any atom is 0.243 e. The van der Waals surface area contributed by atoms with Gasteiger partial charge < -0.3 is 4.74 Å². The molecule has 0 amide bonds. The minimum absolute atomic E-state index is 0.121. The quantitative estimate of drug-likeness (QED) is 0.639. The average Bonchev–Trinajstić information content (AvgIpc) is 2.59. The molecule has 0 atom stereocenters. The number of hydrogen-bond donors (Lipinski definition) is 2. The first-order valence-electron chi connectivity index (χ1n) is 6.90. The van der Waals surface area contributed by atoms with Crippen molar-refractivity contribution in [1.82, 2.24) is 4.31 Å². The number of sulfonamides is 1. The number of ketones is 1.